The Bertz CT molecular complexity index is 3600. The second-order valence-corrected chi connectivity index (χ2v) is 19.1. The van der Waals surface area contributed by atoms with Crippen molar-refractivity contribution >= 4 is 118 Å². The molecule has 0 atom stereocenters. The van der Waals surface area contributed by atoms with Gasteiger partial charge in [0, 0.05) is 95.0 Å². The van der Waals surface area contributed by atoms with Gasteiger partial charge in [0.05, 0.1) is 38.5 Å². The van der Waals surface area contributed by atoms with Crippen molar-refractivity contribution < 1.29 is 85.0 Å². The number of fused-ring (bicyclic) bond motifs is 2. The molecule has 2 aliphatic rings. The van der Waals surface area contributed by atoms with Crippen molar-refractivity contribution in [2.45, 2.75) is 38.5 Å². The van der Waals surface area contributed by atoms with Gasteiger partial charge in [-0.1, -0.05) is 0 Å². The van der Waals surface area contributed by atoms with E-state index in [9.17, 15) is 47.8 Å². The standard InChI is InChI=1S/2C30H25F2N3O7.Ca/c2*1-40-25-15-20-22(16-26(25)41-13-9-27(36)37)33-12-8-23(20)42-24-7-6-19(14-21(24)32)35-29(39)30(10-11-30)28(38)34-18-4-2-17(31)3-5-18;/h2*2-8,12,14-16H,9-11,13H2,1H3,(H,34,38)(H,35,39)(H,36,37);/q;;+2/p-2. The Kier molecular flexibility index (Phi) is 19.6. The average molecular weight is 1190 g/mol. The van der Waals surface area contributed by atoms with Gasteiger partial charge in [-0.05, 0) is 123 Å². The number of methoxy groups -OCH3 is 2. The minimum Gasteiger partial charge on any atom is -0.550 e. The van der Waals surface area contributed by atoms with E-state index in [1.807, 2.05) is 0 Å². The van der Waals surface area contributed by atoms with Gasteiger partial charge in [-0.25, -0.2) is 17.6 Å². The summed E-state index contributed by atoms with van der Waals surface area (Å²) in [7, 11) is 2.82. The predicted molar refractivity (Wildman–Crippen MR) is 296 cm³/mol. The van der Waals surface area contributed by atoms with Gasteiger partial charge in [0.2, 0.25) is 23.6 Å². The van der Waals surface area contributed by atoms with Crippen LogP contribution >= 0.6 is 0 Å². The molecule has 6 aromatic carbocycles. The zero-order valence-corrected chi connectivity index (χ0v) is 47.4. The van der Waals surface area contributed by atoms with E-state index in [1.165, 1.54) is 112 Å². The largest absolute Gasteiger partial charge is 2.00 e. The van der Waals surface area contributed by atoms with Crippen molar-refractivity contribution in [2.75, 3.05) is 48.7 Å². The third kappa shape index (κ3) is 14.9. The van der Waals surface area contributed by atoms with Crippen LogP contribution < -0.4 is 59.9 Å². The van der Waals surface area contributed by atoms with E-state index in [-0.39, 0.29) is 121 Å². The normalized spacial score (nSPS) is 13.1. The van der Waals surface area contributed by atoms with Crippen molar-refractivity contribution in [3.8, 4) is 46.0 Å². The number of pyridine rings is 2. The SMILES string of the molecule is COc1cc2c(Oc3ccc(NC(=O)C4(C(=O)Nc5ccc(F)cc5)CC4)cc3F)ccnc2cc1OCCC(=O)[O-].COc1cc2c(Oc3ccc(NC(=O)C4(C(=O)Nc5ccc(F)cc5)CC4)cc3F)ccnc2cc1OCCC(=O)[O-].[Ca+2]. The Labute approximate surface area is 510 Å². The monoisotopic (exact) mass is 1190 g/mol. The van der Waals surface area contributed by atoms with Gasteiger partial charge in [0.15, 0.2) is 46.1 Å². The molecule has 0 unspecified atom stereocenters. The maximum absolute atomic E-state index is 15.1. The summed E-state index contributed by atoms with van der Waals surface area (Å²) >= 11 is 0. The van der Waals surface area contributed by atoms with Crippen LogP contribution in [-0.2, 0) is 28.8 Å². The van der Waals surface area contributed by atoms with Crippen LogP contribution in [0.15, 0.2) is 134 Å². The molecule has 8 aromatic rings. The van der Waals surface area contributed by atoms with Crippen LogP contribution in [0.3, 0.4) is 0 Å². The fourth-order valence-electron chi connectivity index (χ4n) is 8.46. The summed E-state index contributed by atoms with van der Waals surface area (Å²) in [6.07, 6.45) is 3.56. The number of hydrogen-bond donors (Lipinski definition) is 4. The van der Waals surface area contributed by atoms with Gasteiger partial charge in [-0.2, -0.15) is 0 Å². The summed E-state index contributed by atoms with van der Waals surface area (Å²) in [5.74, 6) is -5.84. The van der Waals surface area contributed by atoms with Crippen molar-refractivity contribution in [3.63, 3.8) is 0 Å². The molecule has 20 nitrogen and oxygen atoms in total. The van der Waals surface area contributed by atoms with Crippen molar-refractivity contribution in [2.24, 2.45) is 10.8 Å². The van der Waals surface area contributed by atoms with Gasteiger partial charge >= 0.3 is 37.7 Å². The topological polar surface area (TPSA) is 278 Å². The first-order chi connectivity index (χ1) is 40.4. The van der Waals surface area contributed by atoms with Gasteiger partial charge in [-0.3, -0.25) is 29.1 Å². The molecule has 2 saturated carbocycles. The van der Waals surface area contributed by atoms with Crippen LogP contribution in [-0.4, -0.2) is 111 Å². The molecule has 4 N–H and O–H groups in total. The maximum Gasteiger partial charge on any atom is 2.00 e. The molecule has 0 aliphatic heterocycles. The van der Waals surface area contributed by atoms with E-state index < -0.39 is 69.7 Å². The number of nitrogens with one attached hydrogen (secondary N) is 4. The van der Waals surface area contributed by atoms with E-state index in [0.29, 0.717) is 58.9 Å². The quantitative estimate of drug-likeness (QED) is 0.0284. The Morgan fingerprint density at radius 3 is 1.11 bits per heavy atom. The first-order valence-electron chi connectivity index (χ1n) is 25.7. The first-order valence-corrected chi connectivity index (χ1v) is 25.7. The summed E-state index contributed by atoms with van der Waals surface area (Å²) in [5.41, 5.74) is -0.785. The molecule has 0 bridgehead atoms. The van der Waals surface area contributed by atoms with E-state index in [1.54, 1.807) is 24.3 Å². The number of carbonyl (C=O) groups is 6. The molecular formula is C60H48CaF4N6O14. The molecule has 432 valence electrons. The van der Waals surface area contributed by atoms with Crippen molar-refractivity contribution in [1.82, 2.24) is 9.97 Å². The second kappa shape index (κ2) is 27.0. The van der Waals surface area contributed by atoms with Gasteiger partial charge < -0.3 is 69.5 Å². The fraction of sp³-hybridized carbons (Fsp3) is 0.200. The summed E-state index contributed by atoms with van der Waals surface area (Å²) in [5, 5.41) is 32.7. The van der Waals surface area contributed by atoms with Crippen LogP contribution in [0.2, 0.25) is 0 Å². The minimum absolute atomic E-state index is 0. The van der Waals surface area contributed by atoms with Crippen molar-refractivity contribution in [3.05, 3.63) is 157 Å². The second-order valence-electron chi connectivity index (χ2n) is 19.1. The van der Waals surface area contributed by atoms with Crippen LogP contribution in [0.4, 0.5) is 40.3 Å². The Morgan fingerprint density at radius 2 is 0.788 bits per heavy atom. The average Bonchev–Trinajstić information content (AvgIpc) is 2.28. The Balaban J connectivity index is 0.000000219. The summed E-state index contributed by atoms with van der Waals surface area (Å²) in [6.45, 7) is -0.261. The summed E-state index contributed by atoms with van der Waals surface area (Å²) in [4.78, 5) is 81.4. The van der Waals surface area contributed by atoms with Crippen LogP contribution in [0.1, 0.15) is 38.5 Å². The molecule has 10 rings (SSSR count). The molecule has 0 radical (unpaired) electrons. The van der Waals surface area contributed by atoms with Crippen molar-refractivity contribution in [1.29, 1.82) is 0 Å². The number of aromatic nitrogens is 2. The predicted octanol–water partition coefficient (Wildman–Crippen LogP) is 8.00. The Morgan fingerprint density at radius 1 is 0.447 bits per heavy atom. The number of aliphatic carboxylic acids is 2. The number of carboxylic acids is 2. The number of nitrogens with zero attached hydrogens (tertiary/aromatic N) is 2. The molecule has 4 amide bonds. The van der Waals surface area contributed by atoms with Crippen LogP contribution in [0.25, 0.3) is 21.8 Å². The fourth-order valence-corrected chi connectivity index (χ4v) is 8.46. The molecule has 2 fully saturated rings. The molecule has 2 aromatic heterocycles. The number of anilines is 4. The molecule has 25 heteroatoms. The van der Waals surface area contributed by atoms with E-state index in [2.05, 4.69) is 31.2 Å². The number of halogens is 4. The van der Waals surface area contributed by atoms with Gasteiger partial charge in [0.25, 0.3) is 0 Å². The number of carboxylic acid groups (broad SMARTS) is 2. The van der Waals surface area contributed by atoms with E-state index in [4.69, 9.17) is 28.4 Å². The van der Waals surface area contributed by atoms with E-state index in [0.717, 1.165) is 12.1 Å². The smallest absolute Gasteiger partial charge is 0.550 e. The Hall–Kier alpha value is -9.26. The number of benzene rings is 6. The molecule has 0 spiro atoms. The van der Waals surface area contributed by atoms with Gasteiger partial charge in [0.1, 0.15) is 34.0 Å². The zero-order chi connectivity index (χ0) is 59.7. The molecular weight excluding hydrogens is 1140 g/mol. The summed E-state index contributed by atoms with van der Waals surface area (Å²) in [6, 6.07) is 27.4. The first kappa shape index (κ1) is 61.8. The van der Waals surface area contributed by atoms with E-state index >= 15 is 8.78 Å². The number of ether oxygens (including phenoxy) is 6. The third-order valence-electron chi connectivity index (χ3n) is 13.4. The number of hydrogen-bond acceptors (Lipinski definition) is 16. The third-order valence-corrected chi connectivity index (χ3v) is 13.4. The molecule has 2 heterocycles. The van der Waals surface area contributed by atoms with Crippen LogP contribution in [0.5, 0.6) is 46.0 Å². The molecule has 2 aliphatic carbocycles. The van der Waals surface area contributed by atoms with Crippen LogP contribution in [0, 0.1) is 34.1 Å². The number of rotatable bonds is 22. The maximum atomic E-state index is 15.1. The number of amides is 4. The molecule has 0 saturated heterocycles. The van der Waals surface area contributed by atoms with Gasteiger partial charge in [-0.15, -0.1) is 0 Å². The zero-order valence-electron chi connectivity index (χ0n) is 45.2. The summed E-state index contributed by atoms with van der Waals surface area (Å²) < 4.78 is 89.8. The number of carbonyl (C=O) groups excluding carboxylic acids is 6. The molecule has 85 heavy (non-hydrogen) atoms. The minimum atomic E-state index is -1.30.